The van der Waals surface area contributed by atoms with Gasteiger partial charge in [-0.3, -0.25) is 4.79 Å². The Kier molecular flexibility index (Phi) is 6.95. The minimum absolute atomic E-state index is 0.00550. The predicted octanol–water partition coefficient (Wildman–Crippen LogP) is 5.17. The molecule has 6 nitrogen and oxygen atoms in total. The van der Waals surface area contributed by atoms with Gasteiger partial charge in [0, 0.05) is 0 Å². The molecule has 0 aliphatic carbocycles. The van der Waals surface area contributed by atoms with Gasteiger partial charge in [0.15, 0.2) is 11.5 Å². The van der Waals surface area contributed by atoms with E-state index < -0.39 is 0 Å². The highest BCUT2D eigenvalue weighted by molar-refractivity contribution is 9.10. The summed E-state index contributed by atoms with van der Waals surface area (Å²) in [6.45, 7) is 3.88. The lowest BCUT2D eigenvalue weighted by atomic mass is 10.1. The Morgan fingerprint density at radius 2 is 1.70 bits per heavy atom. The first-order valence-electron chi connectivity index (χ1n) is 9.37. The third kappa shape index (κ3) is 4.91. The van der Waals surface area contributed by atoms with Crippen LogP contribution in [0.1, 0.15) is 29.8 Å². The molecule has 1 N–H and O–H groups in total. The van der Waals surface area contributed by atoms with Gasteiger partial charge < -0.3 is 14.2 Å². The third-order valence-electron chi connectivity index (χ3n) is 4.30. The third-order valence-corrected chi connectivity index (χ3v) is 4.89. The quantitative estimate of drug-likeness (QED) is 0.381. The van der Waals surface area contributed by atoms with Crippen LogP contribution in [0, 0.1) is 0 Å². The van der Waals surface area contributed by atoms with Crippen molar-refractivity contribution in [3.05, 3.63) is 64.1 Å². The van der Waals surface area contributed by atoms with Gasteiger partial charge in [-0.15, -0.1) is 0 Å². The molecule has 0 aliphatic heterocycles. The highest BCUT2D eigenvalue weighted by Gasteiger charge is 2.14. The number of carbonyl (C=O) groups excluding carboxylic acids is 1. The van der Waals surface area contributed by atoms with Crippen LogP contribution in [-0.4, -0.2) is 32.4 Å². The zero-order valence-corrected chi connectivity index (χ0v) is 18.8. The average molecular weight is 471 g/mol. The lowest BCUT2D eigenvalue weighted by molar-refractivity contribution is 0.0952. The van der Waals surface area contributed by atoms with Gasteiger partial charge in [-0.1, -0.05) is 24.3 Å². The second-order valence-electron chi connectivity index (χ2n) is 6.80. The minimum Gasteiger partial charge on any atom is -0.496 e. The Balaban J connectivity index is 1.81. The van der Waals surface area contributed by atoms with Gasteiger partial charge in [-0.2, -0.15) is 5.10 Å². The first kappa shape index (κ1) is 21.6. The van der Waals surface area contributed by atoms with Crippen LogP contribution in [0.4, 0.5) is 0 Å². The Morgan fingerprint density at radius 1 is 1.03 bits per heavy atom. The number of hydrazone groups is 1. The van der Waals surface area contributed by atoms with Crippen LogP contribution in [0.3, 0.4) is 0 Å². The smallest absolute Gasteiger partial charge is 0.275 e. The van der Waals surface area contributed by atoms with Crippen LogP contribution in [-0.2, 0) is 0 Å². The molecule has 0 unspecified atom stereocenters. The van der Waals surface area contributed by atoms with Gasteiger partial charge in [-0.05, 0) is 70.4 Å². The Morgan fingerprint density at radius 3 is 2.33 bits per heavy atom. The molecule has 7 heteroatoms. The molecule has 3 aromatic carbocycles. The highest BCUT2D eigenvalue weighted by atomic mass is 79.9. The van der Waals surface area contributed by atoms with Crippen LogP contribution < -0.4 is 19.6 Å². The number of amides is 1. The lowest BCUT2D eigenvalue weighted by Crippen LogP contribution is -2.18. The first-order valence-corrected chi connectivity index (χ1v) is 10.2. The molecule has 0 aliphatic rings. The molecule has 0 radical (unpaired) electrons. The van der Waals surface area contributed by atoms with Crippen LogP contribution in [0.2, 0.25) is 0 Å². The van der Waals surface area contributed by atoms with E-state index in [9.17, 15) is 4.79 Å². The van der Waals surface area contributed by atoms with Crippen molar-refractivity contribution in [1.82, 2.24) is 5.43 Å². The summed E-state index contributed by atoms with van der Waals surface area (Å²) in [5.74, 6) is 1.32. The van der Waals surface area contributed by atoms with Crippen molar-refractivity contribution in [1.29, 1.82) is 0 Å². The summed E-state index contributed by atoms with van der Waals surface area (Å²) in [5.41, 5.74) is 3.70. The fourth-order valence-corrected chi connectivity index (χ4v) is 3.51. The summed E-state index contributed by atoms with van der Waals surface area (Å²) in [5, 5.41) is 6.02. The van der Waals surface area contributed by atoms with Crippen molar-refractivity contribution in [2.24, 2.45) is 5.10 Å². The van der Waals surface area contributed by atoms with Crippen molar-refractivity contribution in [2.45, 2.75) is 20.0 Å². The second kappa shape index (κ2) is 9.63. The molecule has 156 valence electrons. The lowest BCUT2D eigenvalue weighted by Gasteiger charge is -2.15. The van der Waals surface area contributed by atoms with Gasteiger partial charge >= 0.3 is 0 Å². The number of benzene rings is 3. The van der Waals surface area contributed by atoms with Crippen molar-refractivity contribution in [3.8, 4) is 17.2 Å². The molecular formula is C23H23BrN2O4. The maximum absolute atomic E-state index is 12.7. The van der Waals surface area contributed by atoms with Gasteiger partial charge in [0.1, 0.15) is 5.75 Å². The minimum atomic E-state index is -0.361. The fraction of sp³-hybridized carbons (Fsp3) is 0.217. The zero-order chi connectivity index (χ0) is 21.7. The summed E-state index contributed by atoms with van der Waals surface area (Å²) in [6.07, 6.45) is 1.55. The maximum atomic E-state index is 12.7. The number of hydrogen-bond donors (Lipinski definition) is 1. The SMILES string of the molecule is COc1cc2ccccc2cc1C(=O)N/N=C\c1cc(Br)c(OC(C)C)c(OC)c1. The summed E-state index contributed by atoms with van der Waals surface area (Å²) in [7, 11) is 3.11. The first-order chi connectivity index (χ1) is 14.4. The molecule has 3 aromatic rings. The summed E-state index contributed by atoms with van der Waals surface area (Å²) in [4.78, 5) is 12.7. The second-order valence-corrected chi connectivity index (χ2v) is 7.65. The summed E-state index contributed by atoms with van der Waals surface area (Å²) in [6, 6.07) is 15.0. The Bertz CT molecular complexity index is 1100. The number of methoxy groups -OCH3 is 2. The van der Waals surface area contributed by atoms with Crippen LogP contribution in [0.5, 0.6) is 17.2 Å². The molecule has 0 spiro atoms. The molecule has 0 heterocycles. The topological polar surface area (TPSA) is 69.2 Å². The highest BCUT2D eigenvalue weighted by Crippen LogP contribution is 2.37. The number of rotatable bonds is 7. The van der Waals surface area contributed by atoms with Gasteiger partial charge in [0.2, 0.25) is 0 Å². The largest absolute Gasteiger partial charge is 0.496 e. The number of nitrogens with one attached hydrogen (secondary N) is 1. The number of fused-ring (bicyclic) bond motifs is 1. The predicted molar refractivity (Wildman–Crippen MR) is 122 cm³/mol. The van der Waals surface area contributed by atoms with Gasteiger partial charge in [-0.25, -0.2) is 5.43 Å². The summed E-state index contributed by atoms with van der Waals surface area (Å²) >= 11 is 3.50. The van der Waals surface area contributed by atoms with Crippen molar-refractivity contribution >= 4 is 38.8 Å². The van der Waals surface area contributed by atoms with Crippen LogP contribution in [0.15, 0.2) is 58.1 Å². The molecule has 0 atom stereocenters. The van der Waals surface area contributed by atoms with E-state index in [1.54, 1.807) is 19.2 Å². The zero-order valence-electron chi connectivity index (χ0n) is 17.2. The molecule has 1 amide bonds. The molecular weight excluding hydrogens is 448 g/mol. The standard InChI is InChI=1S/C23H23BrN2O4/c1-14(2)30-22-19(24)9-15(10-21(22)29-4)13-25-26-23(27)18-11-16-7-5-6-8-17(16)12-20(18)28-3/h5-14H,1-4H3,(H,26,27)/b25-13-. The van der Waals surface area contributed by atoms with Crippen molar-refractivity contribution < 1.29 is 19.0 Å². The maximum Gasteiger partial charge on any atom is 0.275 e. The van der Waals surface area contributed by atoms with Crippen molar-refractivity contribution in [2.75, 3.05) is 14.2 Å². The number of hydrogen-bond acceptors (Lipinski definition) is 5. The normalized spacial score (nSPS) is 11.1. The van der Waals surface area contributed by atoms with E-state index in [2.05, 4.69) is 26.5 Å². The number of nitrogens with zero attached hydrogens (tertiary/aromatic N) is 1. The van der Waals surface area contributed by atoms with E-state index in [-0.39, 0.29) is 12.0 Å². The van der Waals surface area contributed by atoms with Crippen LogP contribution in [0.25, 0.3) is 10.8 Å². The number of carbonyl (C=O) groups is 1. The molecule has 0 aromatic heterocycles. The molecule has 0 bridgehead atoms. The van der Waals surface area contributed by atoms with E-state index in [4.69, 9.17) is 14.2 Å². The van der Waals surface area contributed by atoms with Crippen LogP contribution >= 0.6 is 15.9 Å². The monoisotopic (exact) mass is 470 g/mol. The average Bonchev–Trinajstić information content (AvgIpc) is 2.74. The molecule has 30 heavy (non-hydrogen) atoms. The summed E-state index contributed by atoms with van der Waals surface area (Å²) < 4.78 is 17.3. The molecule has 0 saturated carbocycles. The number of ether oxygens (including phenoxy) is 3. The fourth-order valence-electron chi connectivity index (χ4n) is 2.96. The van der Waals surface area contributed by atoms with Crippen molar-refractivity contribution in [3.63, 3.8) is 0 Å². The molecule has 3 rings (SSSR count). The Labute approximate surface area is 184 Å². The van der Waals surface area contributed by atoms with E-state index in [0.717, 1.165) is 20.8 Å². The molecule has 0 saturated heterocycles. The Hall–Kier alpha value is -3.06. The van der Waals surface area contributed by atoms with E-state index >= 15 is 0 Å². The van der Waals surface area contributed by atoms with E-state index in [1.165, 1.54) is 13.3 Å². The molecule has 0 fully saturated rings. The van der Waals surface area contributed by atoms with E-state index in [1.807, 2.05) is 50.2 Å². The van der Waals surface area contributed by atoms with Gasteiger partial charge in [0.05, 0.1) is 36.6 Å². The van der Waals surface area contributed by atoms with Gasteiger partial charge in [0.25, 0.3) is 5.91 Å². The number of halogens is 1. The van der Waals surface area contributed by atoms with E-state index in [0.29, 0.717) is 22.8 Å².